The van der Waals surface area contributed by atoms with Crippen LogP contribution in [-0.4, -0.2) is 37.0 Å². The molecule has 6 heteroatoms. The van der Waals surface area contributed by atoms with Crippen LogP contribution in [0.4, 0.5) is 0 Å². The third-order valence-corrected chi connectivity index (χ3v) is 5.87. The molecule has 0 amide bonds. The van der Waals surface area contributed by atoms with Gasteiger partial charge in [-0.05, 0) is 70.0 Å². The van der Waals surface area contributed by atoms with Crippen molar-refractivity contribution < 1.29 is 28.6 Å². The van der Waals surface area contributed by atoms with Gasteiger partial charge in [0.05, 0.1) is 24.5 Å². The minimum Gasteiger partial charge on any atom is -0.497 e. The molecule has 0 aromatic heterocycles. The summed E-state index contributed by atoms with van der Waals surface area (Å²) in [5.41, 5.74) is 1.60. The van der Waals surface area contributed by atoms with E-state index in [0.29, 0.717) is 11.3 Å². The molecule has 170 valence electrons. The van der Waals surface area contributed by atoms with Crippen LogP contribution in [0, 0.1) is 5.41 Å². The van der Waals surface area contributed by atoms with Gasteiger partial charge in [0.2, 0.25) is 0 Å². The molecule has 1 unspecified atom stereocenters. The topological polar surface area (TPSA) is 78.9 Å². The van der Waals surface area contributed by atoms with Gasteiger partial charge in [0.15, 0.2) is 5.78 Å². The smallest absolute Gasteiger partial charge is 0.338 e. The first-order valence-electron chi connectivity index (χ1n) is 10.8. The van der Waals surface area contributed by atoms with Gasteiger partial charge in [-0.3, -0.25) is 9.59 Å². The average Bonchev–Trinajstić information content (AvgIpc) is 3.05. The van der Waals surface area contributed by atoms with E-state index in [-0.39, 0.29) is 18.6 Å². The van der Waals surface area contributed by atoms with Gasteiger partial charge >= 0.3 is 11.9 Å². The molecule has 0 radical (unpaired) electrons. The van der Waals surface area contributed by atoms with Crippen molar-refractivity contribution in [2.24, 2.45) is 5.41 Å². The van der Waals surface area contributed by atoms with Crippen LogP contribution < -0.4 is 4.74 Å². The first-order valence-corrected chi connectivity index (χ1v) is 10.8. The van der Waals surface area contributed by atoms with E-state index >= 15 is 0 Å². The average molecular weight is 439 g/mol. The molecule has 1 aliphatic carbocycles. The van der Waals surface area contributed by atoms with E-state index in [1.54, 1.807) is 30.3 Å². The van der Waals surface area contributed by atoms with Crippen molar-refractivity contribution in [2.45, 2.75) is 58.7 Å². The molecule has 3 atom stereocenters. The fourth-order valence-electron chi connectivity index (χ4n) is 4.12. The Morgan fingerprint density at radius 2 is 2.03 bits per heavy atom. The summed E-state index contributed by atoms with van der Waals surface area (Å²) in [6.07, 6.45) is 7.59. The van der Waals surface area contributed by atoms with E-state index in [1.807, 2.05) is 26.8 Å². The summed E-state index contributed by atoms with van der Waals surface area (Å²) < 4.78 is 16.4. The Kier molecular flexibility index (Phi) is 7.33. The van der Waals surface area contributed by atoms with Crippen LogP contribution in [0.5, 0.6) is 5.75 Å². The van der Waals surface area contributed by atoms with Crippen molar-refractivity contribution in [1.82, 2.24) is 0 Å². The van der Waals surface area contributed by atoms with E-state index in [9.17, 15) is 14.4 Å². The molecule has 1 aromatic carbocycles. The summed E-state index contributed by atoms with van der Waals surface area (Å²) in [6.45, 7) is 6.07. The molecular formula is C26H30O6. The van der Waals surface area contributed by atoms with Gasteiger partial charge in [-0.25, -0.2) is 4.79 Å². The lowest BCUT2D eigenvalue weighted by Gasteiger charge is -2.34. The molecule has 0 saturated carbocycles. The highest BCUT2D eigenvalue weighted by Gasteiger charge is 2.55. The van der Waals surface area contributed by atoms with Crippen LogP contribution in [0.25, 0.3) is 0 Å². The zero-order valence-corrected chi connectivity index (χ0v) is 19.1. The van der Waals surface area contributed by atoms with Gasteiger partial charge in [-0.2, -0.15) is 0 Å². The van der Waals surface area contributed by atoms with E-state index in [0.717, 1.165) is 18.4 Å². The molecule has 1 saturated heterocycles. The number of ether oxygens (including phenoxy) is 3. The number of hydrogen-bond acceptors (Lipinski definition) is 6. The quantitative estimate of drug-likeness (QED) is 0.452. The summed E-state index contributed by atoms with van der Waals surface area (Å²) in [5.74, 6) is -0.549. The lowest BCUT2D eigenvalue weighted by atomic mass is 9.69. The second kappa shape index (κ2) is 9.98. The Morgan fingerprint density at radius 1 is 1.25 bits per heavy atom. The lowest BCUT2D eigenvalue weighted by molar-refractivity contribution is -0.140. The molecule has 32 heavy (non-hydrogen) atoms. The maximum Gasteiger partial charge on any atom is 0.338 e. The third kappa shape index (κ3) is 5.36. The van der Waals surface area contributed by atoms with Crippen LogP contribution in [0.15, 0.2) is 59.7 Å². The zero-order chi connectivity index (χ0) is 23.3. The van der Waals surface area contributed by atoms with Gasteiger partial charge in [0.25, 0.3) is 0 Å². The van der Waals surface area contributed by atoms with Crippen LogP contribution >= 0.6 is 0 Å². The molecule has 6 nitrogen and oxygen atoms in total. The maximum absolute atomic E-state index is 12.9. The van der Waals surface area contributed by atoms with Gasteiger partial charge in [0, 0.05) is 6.42 Å². The highest BCUT2D eigenvalue weighted by atomic mass is 16.6. The van der Waals surface area contributed by atoms with Gasteiger partial charge in [-0.1, -0.05) is 23.3 Å². The highest BCUT2D eigenvalue weighted by Crippen LogP contribution is 2.45. The van der Waals surface area contributed by atoms with Crippen LogP contribution in [0.3, 0.4) is 0 Å². The Morgan fingerprint density at radius 3 is 2.75 bits per heavy atom. The highest BCUT2D eigenvalue weighted by molar-refractivity contribution is 6.00. The van der Waals surface area contributed by atoms with Crippen molar-refractivity contribution in [3.63, 3.8) is 0 Å². The Hall–Kier alpha value is -3.15. The molecule has 2 aliphatic rings. The number of carbonyl (C=O) groups excluding carboxylic acids is 3. The van der Waals surface area contributed by atoms with E-state index in [1.165, 1.54) is 18.8 Å². The largest absolute Gasteiger partial charge is 0.497 e. The van der Waals surface area contributed by atoms with Gasteiger partial charge < -0.3 is 14.2 Å². The van der Waals surface area contributed by atoms with Crippen LogP contribution in [-0.2, 0) is 19.1 Å². The first kappa shape index (κ1) is 23.5. The lowest BCUT2D eigenvalue weighted by Crippen LogP contribution is -2.43. The second-order valence-electron chi connectivity index (χ2n) is 8.68. The van der Waals surface area contributed by atoms with Gasteiger partial charge in [-0.15, -0.1) is 0 Å². The Labute approximate surface area is 188 Å². The Balaban J connectivity index is 1.77. The minimum absolute atomic E-state index is 0.0220. The molecule has 1 spiro atoms. The molecule has 1 fully saturated rings. The number of methoxy groups -OCH3 is 1. The number of allylic oxidation sites excluding steroid dienone is 4. The number of ketones is 1. The second-order valence-corrected chi connectivity index (χ2v) is 8.68. The van der Waals surface area contributed by atoms with Crippen LogP contribution in [0.2, 0.25) is 0 Å². The fourth-order valence-corrected chi connectivity index (χ4v) is 4.12. The van der Waals surface area contributed by atoms with Crippen molar-refractivity contribution >= 4 is 17.7 Å². The Bertz CT molecular complexity index is 982. The van der Waals surface area contributed by atoms with E-state index < -0.39 is 29.6 Å². The van der Waals surface area contributed by atoms with Gasteiger partial charge in [0.1, 0.15) is 18.0 Å². The predicted molar refractivity (Wildman–Crippen MR) is 120 cm³/mol. The van der Waals surface area contributed by atoms with Crippen molar-refractivity contribution in [1.29, 1.82) is 0 Å². The number of rotatable bonds is 7. The first-order chi connectivity index (χ1) is 15.2. The van der Waals surface area contributed by atoms with Crippen molar-refractivity contribution in [3.8, 4) is 5.75 Å². The summed E-state index contributed by atoms with van der Waals surface area (Å²) in [7, 11) is 1.52. The summed E-state index contributed by atoms with van der Waals surface area (Å²) in [5, 5.41) is 0. The predicted octanol–water partition coefficient (Wildman–Crippen LogP) is 4.74. The van der Waals surface area contributed by atoms with E-state index in [4.69, 9.17) is 14.2 Å². The molecular weight excluding hydrogens is 408 g/mol. The van der Waals surface area contributed by atoms with Crippen molar-refractivity contribution in [2.75, 3.05) is 7.11 Å². The van der Waals surface area contributed by atoms with E-state index in [2.05, 4.69) is 6.08 Å². The summed E-state index contributed by atoms with van der Waals surface area (Å²) >= 11 is 0. The monoisotopic (exact) mass is 438 g/mol. The number of benzene rings is 1. The summed E-state index contributed by atoms with van der Waals surface area (Å²) in [6, 6.07) is 6.68. The molecule has 1 heterocycles. The number of cyclic esters (lactones) is 1. The summed E-state index contributed by atoms with van der Waals surface area (Å²) in [4.78, 5) is 37.8. The fraction of sp³-hybridized carbons (Fsp3) is 0.423. The zero-order valence-electron chi connectivity index (χ0n) is 19.1. The maximum atomic E-state index is 12.9. The number of esters is 2. The number of carbonyl (C=O) groups is 3. The molecule has 0 N–H and O–H groups in total. The molecule has 1 aromatic rings. The SMILES string of the molecule is COc1cccc(C(=O)O[C@@H]2C=CC(=O)C3(CC(=O)O[C@@H]3/C=C(\C)CCC=C(C)C)C2)c1. The molecule has 0 bridgehead atoms. The third-order valence-electron chi connectivity index (χ3n) is 5.87. The van der Waals surface area contributed by atoms with Crippen LogP contribution in [0.1, 0.15) is 56.8 Å². The normalized spacial score (nSPS) is 24.9. The van der Waals surface area contributed by atoms with Crippen molar-refractivity contribution in [3.05, 3.63) is 65.3 Å². The standard InChI is InChI=1S/C26H30O6/c1-17(2)7-5-8-18(3)13-23-26(16-24(28)32-23)15-21(11-12-22(26)27)31-25(29)19-9-6-10-20(14-19)30-4/h6-7,9-14,21,23H,5,8,15-16H2,1-4H3/b18-13+/t21-,23-,26?/m1/s1. The number of hydrogen-bond donors (Lipinski definition) is 0. The molecule has 3 rings (SSSR count). The minimum atomic E-state index is -1.05. The molecule has 1 aliphatic heterocycles.